The van der Waals surface area contributed by atoms with Crippen molar-refractivity contribution in [2.45, 2.75) is 16.0 Å². The third-order valence-electron chi connectivity index (χ3n) is 2.82. The van der Waals surface area contributed by atoms with E-state index in [-0.39, 0.29) is 4.90 Å². The van der Waals surface area contributed by atoms with E-state index in [1.165, 1.54) is 13.2 Å². The average molecular weight is 328 g/mol. The van der Waals surface area contributed by atoms with E-state index in [4.69, 9.17) is 9.84 Å². The first-order valence-electron chi connectivity index (χ1n) is 6.07. The SMILES string of the molecule is COc1ccc(Sc2ccc(C(=O)O)cc2C(F)(F)F)cc1. The predicted molar refractivity (Wildman–Crippen MR) is 75.5 cm³/mol. The van der Waals surface area contributed by atoms with Gasteiger partial charge < -0.3 is 9.84 Å². The fourth-order valence-electron chi connectivity index (χ4n) is 1.74. The summed E-state index contributed by atoms with van der Waals surface area (Å²) in [5.41, 5.74) is -1.36. The fraction of sp³-hybridized carbons (Fsp3) is 0.133. The minimum absolute atomic E-state index is 0.0531. The van der Waals surface area contributed by atoms with Crippen LogP contribution in [-0.4, -0.2) is 18.2 Å². The van der Waals surface area contributed by atoms with Crippen molar-refractivity contribution in [2.24, 2.45) is 0 Å². The van der Waals surface area contributed by atoms with Crippen LogP contribution >= 0.6 is 11.8 Å². The van der Waals surface area contributed by atoms with Gasteiger partial charge in [-0.3, -0.25) is 0 Å². The monoisotopic (exact) mass is 328 g/mol. The number of ether oxygens (including phenoxy) is 1. The van der Waals surface area contributed by atoms with E-state index in [0.29, 0.717) is 16.7 Å². The van der Waals surface area contributed by atoms with Crippen LogP contribution < -0.4 is 4.74 Å². The molecule has 3 nitrogen and oxygen atoms in total. The quantitative estimate of drug-likeness (QED) is 0.893. The number of carboxylic acid groups (broad SMARTS) is 1. The molecule has 0 aromatic heterocycles. The zero-order valence-electron chi connectivity index (χ0n) is 11.3. The van der Waals surface area contributed by atoms with Crippen LogP contribution in [0, 0.1) is 0 Å². The highest BCUT2D eigenvalue weighted by Crippen LogP contribution is 2.40. The van der Waals surface area contributed by atoms with E-state index in [9.17, 15) is 18.0 Å². The number of hydrogen-bond donors (Lipinski definition) is 1. The van der Waals surface area contributed by atoms with Gasteiger partial charge in [-0.1, -0.05) is 11.8 Å². The van der Waals surface area contributed by atoms with Crippen LogP contribution in [0.1, 0.15) is 15.9 Å². The number of aromatic carboxylic acids is 1. The number of rotatable bonds is 4. The van der Waals surface area contributed by atoms with E-state index in [2.05, 4.69) is 0 Å². The largest absolute Gasteiger partial charge is 0.497 e. The van der Waals surface area contributed by atoms with Crippen molar-refractivity contribution in [2.75, 3.05) is 7.11 Å². The van der Waals surface area contributed by atoms with Crippen molar-refractivity contribution in [3.8, 4) is 5.75 Å². The van der Waals surface area contributed by atoms with Gasteiger partial charge in [0.1, 0.15) is 5.75 Å². The maximum atomic E-state index is 13.1. The Morgan fingerprint density at radius 3 is 2.27 bits per heavy atom. The second kappa shape index (κ2) is 6.31. The molecule has 0 saturated heterocycles. The van der Waals surface area contributed by atoms with Crippen molar-refractivity contribution in [1.29, 1.82) is 0 Å². The van der Waals surface area contributed by atoms with Crippen LogP contribution in [0.4, 0.5) is 13.2 Å². The maximum absolute atomic E-state index is 13.1. The summed E-state index contributed by atoms with van der Waals surface area (Å²) in [5, 5.41) is 8.83. The van der Waals surface area contributed by atoms with Crippen molar-refractivity contribution in [3.05, 3.63) is 53.6 Å². The number of carbonyl (C=O) groups is 1. The molecule has 0 fully saturated rings. The summed E-state index contributed by atoms with van der Waals surface area (Å²) in [5.74, 6) is -0.798. The first-order chi connectivity index (χ1) is 10.3. The molecule has 2 rings (SSSR count). The van der Waals surface area contributed by atoms with Gasteiger partial charge in [0, 0.05) is 9.79 Å². The molecule has 0 unspecified atom stereocenters. The molecule has 0 amide bonds. The molecule has 0 saturated carbocycles. The number of carboxylic acids is 1. The first kappa shape index (κ1) is 16.2. The lowest BCUT2D eigenvalue weighted by Crippen LogP contribution is -2.09. The number of hydrogen-bond acceptors (Lipinski definition) is 3. The number of halogens is 3. The van der Waals surface area contributed by atoms with Crippen molar-refractivity contribution >= 4 is 17.7 Å². The van der Waals surface area contributed by atoms with Crippen molar-refractivity contribution in [3.63, 3.8) is 0 Å². The molecule has 22 heavy (non-hydrogen) atoms. The predicted octanol–water partition coefficient (Wildman–Crippen LogP) is 4.56. The van der Waals surface area contributed by atoms with Crippen LogP contribution in [0.3, 0.4) is 0 Å². The molecule has 7 heteroatoms. The van der Waals surface area contributed by atoms with E-state index >= 15 is 0 Å². The maximum Gasteiger partial charge on any atom is 0.417 e. The third-order valence-corrected chi connectivity index (χ3v) is 3.90. The van der Waals surface area contributed by atoms with Gasteiger partial charge in [0.25, 0.3) is 0 Å². The molecule has 0 bridgehead atoms. The average Bonchev–Trinajstić information content (AvgIpc) is 2.47. The fourth-order valence-corrected chi connectivity index (χ4v) is 2.69. The minimum Gasteiger partial charge on any atom is -0.497 e. The normalized spacial score (nSPS) is 11.3. The Hall–Kier alpha value is -2.15. The molecule has 0 aliphatic rings. The van der Waals surface area contributed by atoms with E-state index in [1.807, 2.05) is 0 Å². The Morgan fingerprint density at radius 2 is 1.77 bits per heavy atom. The number of methoxy groups -OCH3 is 1. The molecular weight excluding hydrogens is 317 g/mol. The van der Waals surface area contributed by atoms with Gasteiger partial charge >= 0.3 is 12.1 Å². The Balaban J connectivity index is 2.38. The summed E-state index contributed by atoms with van der Waals surface area (Å²) >= 11 is 0.912. The Morgan fingerprint density at radius 1 is 1.14 bits per heavy atom. The van der Waals surface area contributed by atoms with Gasteiger partial charge in [0.15, 0.2) is 0 Å². The lowest BCUT2D eigenvalue weighted by molar-refractivity contribution is -0.139. The second-order valence-electron chi connectivity index (χ2n) is 4.29. The number of benzene rings is 2. The Kier molecular flexibility index (Phi) is 4.65. The molecular formula is C15H11F3O3S. The molecule has 0 atom stereocenters. The van der Waals surface area contributed by atoms with Gasteiger partial charge in [-0.25, -0.2) is 4.79 Å². The lowest BCUT2D eigenvalue weighted by Gasteiger charge is -2.13. The van der Waals surface area contributed by atoms with E-state index in [1.54, 1.807) is 24.3 Å². The highest BCUT2D eigenvalue weighted by Gasteiger charge is 2.34. The molecule has 1 N–H and O–H groups in total. The van der Waals surface area contributed by atoms with Crippen LogP contribution in [0.15, 0.2) is 52.3 Å². The molecule has 116 valence electrons. The molecule has 0 aliphatic carbocycles. The summed E-state index contributed by atoms with van der Waals surface area (Å²) in [4.78, 5) is 11.4. The van der Waals surface area contributed by atoms with Crippen LogP contribution in [0.2, 0.25) is 0 Å². The minimum atomic E-state index is -4.62. The van der Waals surface area contributed by atoms with Gasteiger partial charge in [0.2, 0.25) is 0 Å². The summed E-state index contributed by atoms with van der Waals surface area (Å²) in [6.07, 6.45) is -4.62. The smallest absolute Gasteiger partial charge is 0.417 e. The van der Waals surface area contributed by atoms with Gasteiger partial charge in [-0.2, -0.15) is 13.2 Å². The summed E-state index contributed by atoms with van der Waals surface area (Å²) < 4.78 is 44.2. The first-order valence-corrected chi connectivity index (χ1v) is 6.89. The van der Waals surface area contributed by atoms with Crippen molar-refractivity contribution in [1.82, 2.24) is 0 Å². The van der Waals surface area contributed by atoms with E-state index in [0.717, 1.165) is 17.8 Å². The highest BCUT2D eigenvalue weighted by atomic mass is 32.2. The molecule has 0 radical (unpaired) electrons. The van der Waals surface area contributed by atoms with Crippen LogP contribution in [0.5, 0.6) is 5.75 Å². The summed E-state index contributed by atoms with van der Waals surface area (Å²) in [6, 6.07) is 9.52. The van der Waals surface area contributed by atoms with Gasteiger partial charge in [-0.15, -0.1) is 0 Å². The van der Waals surface area contributed by atoms with E-state index < -0.39 is 23.3 Å². The van der Waals surface area contributed by atoms with Gasteiger partial charge in [-0.05, 0) is 42.5 Å². The van der Waals surface area contributed by atoms with Crippen LogP contribution in [0.25, 0.3) is 0 Å². The summed E-state index contributed by atoms with van der Waals surface area (Å²) in [6.45, 7) is 0. The Bertz CT molecular complexity index is 681. The lowest BCUT2D eigenvalue weighted by atomic mass is 10.1. The second-order valence-corrected chi connectivity index (χ2v) is 5.41. The topological polar surface area (TPSA) is 46.5 Å². The zero-order valence-corrected chi connectivity index (χ0v) is 12.2. The highest BCUT2D eigenvalue weighted by molar-refractivity contribution is 7.99. The van der Waals surface area contributed by atoms with Gasteiger partial charge in [0.05, 0.1) is 18.2 Å². The molecule has 2 aromatic rings. The molecule has 0 heterocycles. The standard InChI is InChI=1S/C15H11F3O3S/c1-21-10-3-5-11(6-4-10)22-13-7-2-9(14(19)20)8-12(13)15(16,17)18/h2-8H,1H3,(H,19,20). The zero-order chi connectivity index (χ0) is 16.3. The molecule has 0 aliphatic heterocycles. The molecule has 0 spiro atoms. The third kappa shape index (κ3) is 3.73. The molecule has 2 aromatic carbocycles. The van der Waals surface area contributed by atoms with Crippen LogP contribution in [-0.2, 0) is 6.18 Å². The Labute approximate surface area is 128 Å². The van der Waals surface area contributed by atoms with Crippen molar-refractivity contribution < 1.29 is 27.8 Å². The summed E-state index contributed by atoms with van der Waals surface area (Å²) in [7, 11) is 1.49. The number of alkyl halides is 3.